The highest BCUT2D eigenvalue weighted by Crippen LogP contribution is 2.34. The molecule has 4 aromatic rings. The molecule has 0 saturated carbocycles. The predicted molar refractivity (Wildman–Crippen MR) is 124 cm³/mol. The average Bonchev–Trinajstić information content (AvgIpc) is 3.39. The van der Waals surface area contributed by atoms with E-state index in [1.807, 2.05) is 52.4 Å². The van der Waals surface area contributed by atoms with E-state index in [1.165, 1.54) is 11.3 Å². The van der Waals surface area contributed by atoms with Gasteiger partial charge in [0.05, 0.1) is 12.0 Å². The first-order valence-electron chi connectivity index (χ1n) is 10.3. The van der Waals surface area contributed by atoms with Crippen molar-refractivity contribution < 1.29 is 4.74 Å². The topological polar surface area (TPSA) is 44.1 Å². The Kier molecular flexibility index (Phi) is 4.97. The van der Waals surface area contributed by atoms with Gasteiger partial charge in [0.15, 0.2) is 0 Å². The minimum absolute atomic E-state index is 0.0572. The number of allylic oxidation sites excluding steroid dienone is 1. The van der Waals surface area contributed by atoms with Crippen LogP contribution in [0.2, 0.25) is 0 Å². The lowest BCUT2D eigenvalue weighted by atomic mass is 10.1. The molecule has 0 bridgehead atoms. The van der Waals surface area contributed by atoms with Crippen molar-refractivity contribution in [3.63, 3.8) is 0 Å². The number of thiophene rings is 1. The summed E-state index contributed by atoms with van der Waals surface area (Å²) >= 11 is 1.54. The molecule has 0 spiro atoms. The van der Waals surface area contributed by atoms with Crippen LogP contribution in [0.1, 0.15) is 31.2 Å². The Bertz CT molecular complexity index is 1280. The Balaban J connectivity index is 1.53. The molecule has 0 saturated heterocycles. The number of aromatic nitrogens is 2. The Morgan fingerprint density at radius 2 is 1.93 bits per heavy atom. The third kappa shape index (κ3) is 3.35. The first kappa shape index (κ1) is 18.8. The summed E-state index contributed by atoms with van der Waals surface area (Å²) in [6.07, 6.45) is 3.94. The summed E-state index contributed by atoms with van der Waals surface area (Å²) in [6.45, 7) is 3.49. The molecule has 0 unspecified atom stereocenters. The largest absolute Gasteiger partial charge is 0.494 e. The lowest BCUT2D eigenvalue weighted by molar-refractivity contribution is 0.317. The maximum Gasteiger partial charge on any atom is 0.263 e. The van der Waals surface area contributed by atoms with E-state index >= 15 is 0 Å². The number of hydrogen-bond acceptors (Lipinski definition) is 4. The lowest BCUT2D eigenvalue weighted by Gasteiger charge is -2.06. The highest BCUT2D eigenvalue weighted by atomic mass is 32.1. The van der Waals surface area contributed by atoms with E-state index in [9.17, 15) is 4.79 Å². The quantitative estimate of drug-likeness (QED) is 0.411. The van der Waals surface area contributed by atoms with Gasteiger partial charge in [-0.1, -0.05) is 49.4 Å². The van der Waals surface area contributed by atoms with Gasteiger partial charge in [0, 0.05) is 17.5 Å². The van der Waals surface area contributed by atoms with Crippen LogP contribution >= 0.6 is 11.3 Å². The van der Waals surface area contributed by atoms with E-state index in [2.05, 4.69) is 25.1 Å². The van der Waals surface area contributed by atoms with Crippen molar-refractivity contribution in [3.05, 3.63) is 81.7 Å². The molecule has 3 heterocycles. The van der Waals surface area contributed by atoms with Gasteiger partial charge in [-0.15, -0.1) is 11.3 Å². The van der Waals surface area contributed by atoms with E-state index in [4.69, 9.17) is 9.72 Å². The summed E-state index contributed by atoms with van der Waals surface area (Å²) in [5, 5.41) is 2.77. The van der Waals surface area contributed by atoms with Crippen LogP contribution in [0.3, 0.4) is 0 Å². The molecule has 5 heteroatoms. The van der Waals surface area contributed by atoms with Crippen molar-refractivity contribution in [1.29, 1.82) is 0 Å². The predicted octanol–water partition coefficient (Wildman–Crippen LogP) is 5.86. The zero-order valence-electron chi connectivity index (χ0n) is 16.8. The van der Waals surface area contributed by atoms with Crippen LogP contribution < -0.4 is 10.3 Å². The third-order valence-electron chi connectivity index (χ3n) is 5.36. The zero-order valence-corrected chi connectivity index (χ0v) is 17.6. The number of benzene rings is 2. The highest BCUT2D eigenvalue weighted by molar-refractivity contribution is 7.17. The summed E-state index contributed by atoms with van der Waals surface area (Å²) in [7, 11) is 0. The SMILES string of the molecule is CCCOc1ccc(/C=C2\CCn3c2nc2scc(-c4ccccc4)c2c3=O)cc1. The molecule has 2 aromatic heterocycles. The van der Waals surface area contributed by atoms with Crippen LogP contribution in [0.25, 0.3) is 33.0 Å². The van der Waals surface area contributed by atoms with Crippen molar-refractivity contribution in [2.24, 2.45) is 0 Å². The van der Waals surface area contributed by atoms with Gasteiger partial charge < -0.3 is 4.74 Å². The Hall–Kier alpha value is -3.18. The third-order valence-corrected chi connectivity index (χ3v) is 6.24. The van der Waals surface area contributed by atoms with Gasteiger partial charge in [-0.2, -0.15) is 0 Å². The fourth-order valence-electron chi connectivity index (χ4n) is 3.87. The number of fused-ring (bicyclic) bond motifs is 2. The van der Waals surface area contributed by atoms with Crippen LogP contribution in [-0.2, 0) is 6.54 Å². The molecule has 0 fully saturated rings. The molecule has 1 aliphatic heterocycles. The second-order valence-corrected chi connectivity index (χ2v) is 8.28. The van der Waals surface area contributed by atoms with Crippen molar-refractivity contribution in [2.75, 3.05) is 6.61 Å². The van der Waals surface area contributed by atoms with Crippen molar-refractivity contribution >= 4 is 33.2 Å². The van der Waals surface area contributed by atoms with Crippen LogP contribution in [-0.4, -0.2) is 16.2 Å². The minimum atomic E-state index is 0.0572. The van der Waals surface area contributed by atoms with Crippen LogP contribution in [0.15, 0.2) is 64.8 Å². The molecule has 0 aliphatic carbocycles. The van der Waals surface area contributed by atoms with Crippen molar-refractivity contribution in [1.82, 2.24) is 9.55 Å². The van der Waals surface area contributed by atoms with E-state index in [0.717, 1.165) is 63.5 Å². The number of nitrogens with zero attached hydrogens (tertiary/aromatic N) is 2. The minimum Gasteiger partial charge on any atom is -0.494 e. The first-order chi connectivity index (χ1) is 14.7. The molecule has 0 atom stereocenters. The first-order valence-corrected chi connectivity index (χ1v) is 11.1. The summed E-state index contributed by atoms with van der Waals surface area (Å²) in [4.78, 5) is 19.0. The maximum absolute atomic E-state index is 13.3. The number of ether oxygens (including phenoxy) is 1. The summed E-state index contributed by atoms with van der Waals surface area (Å²) in [6, 6.07) is 18.1. The maximum atomic E-state index is 13.3. The van der Waals surface area contributed by atoms with Gasteiger partial charge in [0.25, 0.3) is 5.56 Å². The summed E-state index contributed by atoms with van der Waals surface area (Å²) in [5.41, 5.74) is 4.28. The van der Waals surface area contributed by atoms with Crippen molar-refractivity contribution in [3.8, 4) is 16.9 Å². The fraction of sp³-hybridized carbons (Fsp3) is 0.200. The molecule has 150 valence electrons. The van der Waals surface area contributed by atoms with Gasteiger partial charge in [0.1, 0.15) is 16.4 Å². The number of hydrogen-bond donors (Lipinski definition) is 0. The number of rotatable bonds is 5. The molecule has 30 heavy (non-hydrogen) atoms. The zero-order chi connectivity index (χ0) is 20.5. The summed E-state index contributed by atoms with van der Waals surface area (Å²) < 4.78 is 7.49. The average molecular weight is 415 g/mol. The Labute approximate surface area is 179 Å². The molecule has 2 aromatic carbocycles. The molecule has 0 radical (unpaired) electrons. The second kappa shape index (κ2) is 7.92. The molecule has 0 N–H and O–H groups in total. The van der Waals surface area contributed by atoms with Crippen LogP contribution in [0.4, 0.5) is 0 Å². The van der Waals surface area contributed by atoms with Gasteiger partial charge in [0.2, 0.25) is 0 Å². The molecular weight excluding hydrogens is 392 g/mol. The summed E-state index contributed by atoms with van der Waals surface area (Å²) in [5.74, 6) is 1.68. The standard InChI is InChI=1S/C25H22N2O2S/c1-2-14-29-20-10-8-17(9-11-20)15-19-12-13-27-23(19)26-24-22(25(27)28)21(16-30-24)18-6-4-3-5-7-18/h3-11,15-16H,2,12-14H2,1H3/b19-15+. The molecular formula is C25H22N2O2S. The lowest BCUT2D eigenvalue weighted by Crippen LogP contribution is -2.20. The van der Waals surface area contributed by atoms with Gasteiger partial charge >= 0.3 is 0 Å². The van der Waals surface area contributed by atoms with E-state index in [0.29, 0.717) is 6.54 Å². The monoisotopic (exact) mass is 414 g/mol. The molecule has 0 amide bonds. The Morgan fingerprint density at radius 3 is 2.70 bits per heavy atom. The van der Waals surface area contributed by atoms with Gasteiger partial charge in [-0.25, -0.2) is 4.98 Å². The van der Waals surface area contributed by atoms with Gasteiger partial charge in [-0.3, -0.25) is 9.36 Å². The fourth-order valence-corrected chi connectivity index (χ4v) is 4.81. The van der Waals surface area contributed by atoms with E-state index in [-0.39, 0.29) is 5.56 Å². The van der Waals surface area contributed by atoms with E-state index < -0.39 is 0 Å². The molecule has 4 nitrogen and oxygen atoms in total. The van der Waals surface area contributed by atoms with Crippen LogP contribution in [0, 0.1) is 0 Å². The van der Waals surface area contributed by atoms with E-state index in [1.54, 1.807) is 0 Å². The smallest absolute Gasteiger partial charge is 0.263 e. The normalized spacial score (nSPS) is 14.4. The Morgan fingerprint density at radius 1 is 1.13 bits per heavy atom. The van der Waals surface area contributed by atoms with Crippen molar-refractivity contribution in [2.45, 2.75) is 26.3 Å². The molecule has 1 aliphatic rings. The molecule has 5 rings (SSSR count). The second-order valence-electron chi connectivity index (χ2n) is 7.42. The van der Waals surface area contributed by atoms with Gasteiger partial charge in [-0.05, 0) is 47.8 Å². The highest BCUT2D eigenvalue weighted by Gasteiger charge is 2.23. The van der Waals surface area contributed by atoms with Crippen LogP contribution in [0.5, 0.6) is 5.75 Å².